The Bertz CT molecular complexity index is 294. The van der Waals surface area contributed by atoms with Crippen molar-refractivity contribution in [2.45, 2.75) is 58.9 Å². The fourth-order valence-corrected chi connectivity index (χ4v) is 1.50. The quantitative estimate of drug-likeness (QED) is 0.680. The summed E-state index contributed by atoms with van der Waals surface area (Å²) >= 11 is 0. The second-order valence-electron chi connectivity index (χ2n) is 4.20. The molecule has 0 saturated carbocycles. The van der Waals surface area contributed by atoms with Crippen molar-refractivity contribution in [3.8, 4) is 0 Å². The maximum atomic E-state index is 13.6. The van der Waals surface area contributed by atoms with E-state index in [9.17, 15) is 4.39 Å². The first-order valence-electron chi connectivity index (χ1n) is 5.75. The number of aromatic nitrogens is 3. The van der Waals surface area contributed by atoms with Crippen molar-refractivity contribution in [1.29, 1.82) is 0 Å². The van der Waals surface area contributed by atoms with Crippen molar-refractivity contribution in [2.24, 2.45) is 0 Å². The molecule has 4 heteroatoms. The predicted molar refractivity (Wildman–Crippen MR) is 58.2 cm³/mol. The number of unbranched alkanes of at least 4 members (excludes halogenated alkanes) is 3. The topological polar surface area (TPSA) is 30.7 Å². The smallest absolute Gasteiger partial charge is 0.219 e. The van der Waals surface area contributed by atoms with Crippen LogP contribution in [0.3, 0.4) is 0 Å². The van der Waals surface area contributed by atoms with Crippen molar-refractivity contribution < 1.29 is 4.39 Å². The van der Waals surface area contributed by atoms with E-state index in [-0.39, 0.29) is 11.9 Å². The Kier molecular flexibility index (Phi) is 4.72. The second-order valence-corrected chi connectivity index (χ2v) is 4.20. The molecule has 0 radical (unpaired) electrons. The van der Waals surface area contributed by atoms with E-state index in [0.717, 1.165) is 12.8 Å². The summed E-state index contributed by atoms with van der Waals surface area (Å²) in [6, 6.07) is 0. The minimum atomic E-state index is -0.263. The highest BCUT2D eigenvalue weighted by molar-refractivity contribution is 5.01. The number of hydrogen-bond donors (Lipinski definition) is 0. The molecule has 0 spiro atoms. The van der Waals surface area contributed by atoms with Crippen molar-refractivity contribution in [3.63, 3.8) is 0 Å². The van der Waals surface area contributed by atoms with Crippen molar-refractivity contribution in [3.05, 3.63) is 11.6 Å². The van der Waals surface area contributed by atoms with E-state index < -0.39 is 0 Å². The van der Waals surface area contributed by atoms with Crippen LogP contribution in [0.15, 0.2) is 0 Å². The molecule has 86 valence electrons. The van der Waals surface area contributed by atoms with Crippen LogP contribution in [-0.2, 0) is 6.54 Å². The maximum absolute atomic E-state index is 13.6. The van der Waals surface area contributed by atoms with Crippen LogP contribution in [0.5, 0.6) is 0 Å². The Morgan fingerprint density at radius 2 is 2.00 bits per heavy atom. The third-order valence-electron chi connectivity index (χ3n) is 2.47. The van der Waals surface area contributed by atoms with Crippen molar-refractivity contribution in [2.75, 3.05) is 0 Å². The predicted octanol–water partition coefficient (Wildman–Crippen LogP) is 3.12. The van der Waals surface area contributed by atoms with Crippen molar-refractivity contribution >= 4 is 0 Å². The molecule has 0 aliphatic rings. The molecule has 0 aliphatic carbocycles. The third kappa shape index (κ3) is 3.29. The summed E-state index contributed by atoms with van der Waals surface area (Å²) in [5.74, 6) is -0.157. The average Bonchev–Trinajstić information content (AvgIpc) is 2.55. The largest absolute Gasteiger partial charge is 0.235 e. The number of rotatable bonds is 6. The Labute approximate surface area is 90.7 Å². The van der Waals surface area contributed by atoms with Gasteiger partial charge in [0.15, 0.2) is 0 Å². The van der Waals surface area contributed by atoms with E-state index in [1.165, 1.54) is 17.5 Å². The van der Waals surface area contributed by atoms with Gasteiger partial charge >= 0.3 is 0 Å². The van der Waals surface area contributed by atoms with Crippen LogP contribution in [0.25, 0.3) is 0 Å². The summed E-state index contributed by atoms with van der Waals surface area (Å²) in [5.41, 5.74) is 0.477. The molecule has 1 aromatic heterocycles. The summed E-state index contributed by atoms with van der Waals surface area (Å²) in [6.07, 6.45) is 4.50. The highest BCUT2D eigenvalue weighted by Gasteiger charge is 2.14. The average molecular weight is 213 g/mol. The molecule has 0 saturated heterocycles. The summed E-state index contributed by atoms with van der Waals surface area (Å²) < 4.78 is 15.0. The molecule has 15 heavy (non-hydrogen) atoms. The Morgan fingerprint density at radius 3 is 2.53 bits per heavy atom. The van der Waals surface area contributed by atoms with Gasteiger partial charge in [-0.1, -0.05) is 45.2 Å². The molecule has 1 aromatic rings. The van der Waals surface area contributed by atoms with Gasteiger partial charge in [-0.2, -0.15) is 4.39 Å². The summed E-state index contributed by atoms with van der Waals surface area (Å²) in [6.45, 7) is 6.65. The van der Waals surface area contributed by atoms with Gasteiger partial charge in [-0.25, -0.2) is 4.68 Å². The van der Waals surface area contributed by atoms with Gasteiger partial charge in [0.05, 0.1) is 0 Å². The zero-order chi connectivity index (χ0) is 11.3. The molecule has 0 aliphatic heterocycles. The van der Waals surface area contributed by atoms with Crippen LogP contribution in [0, 0.1) is 5.95 Å². The SMILES string of the molecule is CCCCCCn1nnc(C(C)C)c1F. The fourth-order valence-electron chi connectivity index (χ4n) is 1.50. The molecule has 0 atom stereocenters. The molecule has 0 bridgehead atoms. The standard InChI is InChI=1S/C11H20FN3/c1-4-5-6-7-8-15-11(12)10(9(2)3)13-14-15/h9H,4-8H2,1-3H3. The van der Waals surface area contributed by atoms with Gasteiger partial charge in [0.2, 0.25) is 5.95 Å². The Hall–Kier alpha value is -0.930. The normalized spacial score (nSPS) is 11.3. The lowest BCUT2D eigenvalue weighted by Crippen LogP contribution is -2.04. The van der Waals surface area contributed by atoms with E-state index in [1.54, 1.807) is 0 Å². The molecule has 3 nitrogen and oxygen atoms in total. The zero-order valence-electron chi connectivity index (χ0n) is 9.83. The molecule has 0 N–H and O–H groups in total. The zero-order valence-corrected chi connectivity index (χ0v) is 9.83. The highest BCUT2D eigenvalue weighted by Crippen LogP contribution is 2.15. The molecular formula is C11H20FN3. The van der Waals surface area contributed by atoms with Gasteiger partial charge in [-0.15, -0.1) is 5.10 Å². The van der Waals surface area contributed by atoms with Crippen LogP contribution < -0.4 is 0 Å². The summed E-state index contributed by atoms with van der Waals surface area (Å²) in [4.78, 5) is 0. The fraction of sp³-hybridized carbons (Fsp3) is 0.818. The van der Waals surface area contributed by atoms with Gasteiger partial charge in [-0.3, -0.25) is 0 Å². The first kappa shape index (κ1) is 12.1. The van der Waals surface area contributed by atoms with Gasteiger partial charge in [-0.05, 0) is 6.42 Å². The molecule has 0 fully saturated rings. The Morgan fingerprint density at radius 1 is 1.27 bits per heavy atom. The number of hydrogen-bond acceptors (Lipinski definition) is 2. The summed E-state index contributed by atoms with van der Waals surface area (Å²) in [5, 5.41) is 7.68. The second kappa shape index (κ2) is 5.83. The minimum absolute atomic E-state index is 0.106. The van der Waals surface area contributed by atoms with Crippen LogP contribution in [-0.4, -0.2) is 15.0 Å². The highest BCUT2D eigenvalue weighted by atomic mass is 19.1. The van der Waals surface area contributed by atoms with Crippen LogP contribution in [0.2, 0.25) is 0 Å². The first-order chi connectivity index (χ1) is 7.16. The number of aryl methyl sites for hydroxylation is 1. The van der Waals surface area contributed by atoms with Gasteiger partial charge in [0.25, 0.3) is 0 Å². The third-order valence-corrected chi connectivity index (χ3v) is 2.47. The van der Waals surface area contributed by atoms with E-state index in [1.807, 2.05) is 13.8 Å². The maximum Gasteiger partial charge on any atom is 0.235 e. The van der Waals surface area contributed by atoms with Gasteiger partial charge in [0.1, 0.15) is 5.69 Å². The molecule has 0 aromatic carbocycles. The lowest BCUT2D eigenvalue weighted by Gasteiger charge is -2.01. The molecule has 1 rings (SSSR count). The van der Waals surface area contributed by atoms with E-state index >= 15 is 0 Å². The van der Waals surface area contributed by atoms with Crippen molar-refractivity contribution in [1.82, 2.24) is 15.0 Å². The van der Waals surface area contributed by atoms with Gasteiger partial charge < -0.3 is 0 Å². The van der Waals surface area contributed by atoms with E-state index in [0.29, 0.717) is 12.2 Å². The Balaban J connectivity index is 2.48. The first-order valence-corrected chi connectivity index (χ1v) is 5.75. The monoisotopic (exact) mass is 213 g/mol. The molecular weight excluding hydrogens is 193 g/mol. The summed E-state index contributed by atoms with van der Waals surface area (Å²) in [7, 11) is 0. The molecule has 1 heterocycles. The minimum Gasteiger partial charge on any atom is -0.219 e. The number of halogens is 1. The van der Waals surface area contributed by atoms with E-state index in [4.69, 9.17) is 0 Å². The number of nitrogens with zero attached hydrogens (tertiary/aromatic N) is 3. The van der Waals surface area contributed by atoms with Gasteiger partial charge in [0, 0.05) is 12.5 Å². The van der Waals surface area contributed by atoms with Crippen LogP contribution >= 0.6 is 0 Å². The van der Waals surface area contributed by atoms with Crippen LogP contribution in [0.1, 0.15) is 58.1 Å². The van der Waals surface area contributed by atoms with E-state index in [2.05, 4.69) is 17.2 Å². The lowest BCUT2D eigenvalue weighted by molar-refractivity contribution is 0.427. The van der Waals surface area contributed by atoms with Crippen LogP contribution in [0.4, 0.5) is 4.39 Å². The molecule has 0 amide bonds. The molecule has 0 unspecified atom stereocenters. The lowest BCUT2D eigenvalue weighted by atomic mass is 10.1.